The lowest BCUT2D eigenvalue weighted by molar-refractivity contribution is -0.137. The lowest BCUT2D eigenvalue weighted by atomic mass is 10.1. The Morgan fingerprint density at radius 1 is 1.10 bits per heavy atom. The van der Waals surface area contributed by atoms with Crippen molar-refractivity contribution in [2.45, 2.75) is 57.2 Å². The number of hydrogen-bond donors (Lipinski definition) is 4. The molecule has 4 N–H and O–H groups in total. The van der Waals surface area contributed by atoms with Crippen LogP contribution in [0.15, 0.2) is 42.5 Å². The van der Waals surface area contributed by atoms with Crippen LogP contribution in [0.5, 0.6) is 5.75 Å². The van der Waals surface area contributed by atoms with E-state index in [1.807, 2.05) is 0 Å². The standard InChI is InChI=1S/C30H33F4N3O4/c1-2-7-23-25-26(23)28(40)37-29(24(38)17-35-16-19-9-6-10-20(12-19)30(32,33)34)41-22-14-18(13-21(31)15-22)8-4-3-5-11-36-27(25)39/h1,6,9-10,12-15,23-26,29,35,38H,3-5,7-8,11,16-17H2,(H,36,39)(H,37,40). The Morgan fingerprint density at radius 2 is 1.88 bits per heavy atom. The molecule has 0 aromatic heterocycles. The number of benzene rings is 2. The van der Waals surface area contributed by atoms with Gasteiger partial charge in [-0.15, -0.1) is 12.3 Å². The van der Waals surface area contributed by atoms with Crippen molar-refractivity contribution in [3.8, 4) is 18.1 Å². The van der Waals surface area contributed by atoms with Gasteiger partial charge in [0, 0.05) is 32.1 Å². The number of hydrogen-bond acceptors (Lipinski definition) is 5. The Hall–Kier alpha value is -3.62. The number of halogens is 4. The zero-order valence-electron chi connectivity index (χ0n) is 22.3. The molecule has 0 spiro atoms. The van der Waals surface area contributed by atoms with Gasteiger partial charge < -0.3 is 25.8 Å². The number of rotatable bonds is 6. The molecule has 2 bridgehead atoms. The van der Waals surface area contributed by atoms with Crippen molar-refractivity contribution < 1.29 is 37.0 Å². The summed E-state index contributed by atoms with van der Waals surface area (Å²) in [5.41, 5.74) is 0.223. The van der Waals surface area contributed by atoms with Gasteiger partial charge in [-0.3, -0.25) is 9.59 Å². The summed E-state index contributed by atoms with van der Waals surface area (Å²) in [5.74, 6) is -0.451. The first-order valence-electron chi connectivity index (χ1n) is 13.6. The summed E-state index contributed by atoms with van der Waals surface area (Å²) in [4.78, 5) is 26.0. The maximum atomic E-state index is 14.4. The maximum absolute atomic E-state index is 14.4. The second-order valence-corrected chi connectivity index (χ2v) is 10.5. The van der Waals surface area contributed by atoms with Gasteiger partial charge in [0.15, 0.2) is 6.23 Å². The highest BCUT2D eigenvalue weighted by atomic mass is 19.4. The topological polar surface area (TPSA) is 99.7 Å². The van der Waals surface area contributed by atoms with E-state index in [-0.39, 0.29) is 37.1 Å². The van der Waals surface area contributed by atoms with Gasteiger partial charge in [0.2, 0.25) is 11.8 Å². The van der Waals surface area contributed by atoms with Crippen LogP contribution in [0.3, 0.4) is 0 Å². The van der Waals surface area contributed by atoms with E-state index < -0.39 is 47.6 Å². The van der Waals surface area contributed by atoms with E-state index in [2.05, 4.69) is 21.9 Å². The number of aliphatic hydroxyl groups is 1. The van der Waals surface area contributed by atoms with Crippen LogP contribution in [0.25, 0.3) is 0 Å². The fraction of sp³-hybridized carbons (Fsp3) is 0.467. The third-order valence-corrected chi connectivity index (χ3v) is 7.33. The number of alkyl halides is 3. The Bertz CT molecular complexity index is 1280. The molecule has 220 valence electrons. The second-order valence-electron chi connectivity index (χ2n) is 10.5. The summed E-state index contributed by atoms with van der Waals surface area (Å²) < 4.78 is 59.4. The summed E-state index contributed by atoms with van der Waals surface area (Å²) in [7, 11) is 0. The SMILES string of the molecule is C#CCC1C2C(=O)NCCCCCc3cc(F)cc(c3)OC(C(O)CNCc3cccc(C(F)(F)F)c3)NC(=O)C12. The third kappa shape index (κ3) is 8.21. The number of aliphatic hydroxyl groups excluding tert-OH is 1. The van der Waals surface area contributed by atoms with Gasteiger partial charge in [0.05, 0.1) is 17.4 Å². The van der Waals surface area contributed by atoms with Crippen LogP contribution in [-0.2, 0) is 28.7 Å². The highest BCUT2D eigenvalue weighted by Crippen LogP contribution is 2.49. The summed E-state index contributed by atoms with van der Waals surface area (Å²) >= 11 is 0. The van der Waals surface area contributed by atoms with Crippen LogP contribution in [0.4, 0.5) is 17.6 Å². The molecule has 0 radical (unpaired) electrons. The molecule has 5 atom stereocenters. The van der Waals surface area contributed by atoms with E-state index in [0.717, 1.165) is 37.5 Å². The first-order valence-corrected chi connectivity index (χ1v) is 13.6. The minimum Gasteiger partial charge on any atom is -0.468 e. The van der Waals surface area contributed by atoms with Crippen molar-refractivity contribution in [2.75, 3.05) is 13.1 Å². The van der Waals surface area contributed by atoms with Gasteiger partial charge >= 0.3 is 6.18 Å². The molecule has 2 aromatic rings. The van der Waals surface area contributed by atoms with Crippen LogP contribution >= 0.6 is 0 Å². The molecular weight excluding hydrogens is 542 g/mol. The molecule has 5 unspecified atom stereocenters. The predicted molar refractivity (Wildman–Crippen MR) is 143 cm³/mol. The van der Waals surface area contributed by atoms with Gasteiger partial charge in [-0.25, -0.2) is 4.39 Å². The zero-order chi connectivity index (χ0) is 29.6. The summed E-state index contributed by atoms with van der Waals surface area (Å²) in [6.45, 7) is 0.273. The molecule has 7 nitrogen and oxygen atoms in total. The van der Waals surface area contributed by atoms with Crippen molar-refractivity contribution >= 4 is 11.8 Å². The Kier molecular flexibility index (Phi) is 9.89. The second kappa shape index (κ2) is 13.4. The first kappa shape index (κ1) is 30.3. The molecule has 11 heteroatoms. The average Bonchev–Trinajstić information content (AvgIpc) is 3.63. The largest absolute Gasteiger partial charge is 0.468 e. The Morgan fingerprint density at radius 3 is 2.63 bits per heavy atom. The van der Waals surface area contributed by atoms with E-state index >= 15 is 0 Å². The number of nitrogens with one attached hydrogen (secondary N) is 3. The summed E-state index contributed by atoms with van der Waals surface area (Å²) in [6, 6.07) is 8.93. The van der Waals surface area contributed by atoms with Gasteiger partial charge in [0.25, 0.3) is 0 Å². The number of fused-ring (bicyclic) bond motifs is 3. The summed E-state index contributed by atoms with van der Waals surface area (Å²) in [5, 5.41) is 19.3. The Labute approximate surface area is 236 Å². The average molecular weight is 576 g/mol. The fourth-order valence-corrected chi connectivity index (χ4v) is 5.19. The highest BCUT2D eigenvalue weighted by molar-refractivity contribution is 5.93. The molecule has 1 heterocycles. The van der Waals surface area contributed by atoms with Crippen molar-refractivity contribution in [1.82, 2.24) is 16.0 Å². The molecule has 41 heavy (non-hydrogen) atoms. The quantitative estimate of drug-likeness (QED) is 0.312. The van der Waals surface area contributed by atoms with Crippen LogP contribution in [-0.4, -0.2) is 42.3 Å². The van der Waals surface area contributed by atoms with Gasteiger partial charge in [-0.2, -0.15) is 13.2 Å². The van der Waals surface area contributed by atoms with E-state index in [9.17, 15) is 32.3 Å². The zero-order valence-corrected chi connectivity index (χ0v) is 22.3. The van der Waals surface area contributed by atoms with Crippen molar-refractivity contribution in [2.24, 2.45) is 17.8 Å². The van der Waals surface area contributed by atoms with Crippen LogP contribution in [0.2, 0.25) is 0 Å². The summed E-state index contributed by atoms with van der Waals surface area (Å²) in [6.07, 6.45) is 1.30. The van der Waals surface area contributed by atoms with E-state index in [4.69, 9.17) is 11.2 Å². The normalized spacial score (nSPS) is 24.2. The highest BCUT2D eigenvalue weighted by Gasteiger charge is 2.58. The van der Waals surface area contributed by atoms with E-state index in [1.165, 1.54) is 18.2 Å². The van der Waals surface area contributed by atoms with E-state index in [1.54, 1.807) is 6.07 Å². The number of terminal acetylenes is 1. The maximum Gasteiger partial charge on any atom is 0.416 e. The first-order chi connectivity index (χ1) is 19.6. The van der Waals surface area contributed by atoms with Crippen LogP contribution < -0.4 is 20.7 Å². The van der Waals surface area contributed by atoms with Crippen molar-refractivity contribution in [3.63, 3.8) is 0 Å². The van der Waals surface area contributed by atoms with E-state index in [0.29, 0.717) is 24.1 Å². The number of amides is 2. The van der Waals surface area contributed by atoms with Crippen LogP contribution in [0.1, 0.15) is 42.4 Å². The monoisotopic (exact) mass is 575 g/mol. The molecule has 1 aliphatic heterocycles. The lowest BCUT2D eigenvalue weighted by Crippen LogP contribution is -2.51. The smallest absolute Gasteiger partial charge is 0.416 e. The van der Waals surface area contributed by atoms with Gasteiger partial charge in [-0.1, -0.05) is 24.6 Å². The Balaban J connectivity index is 1.51. The van der Waals surface area contributed by atoms with Gasteiger partial charge in [0.1, 0.15) is 17.7 Å². The minimum atomic E-state index is -4.49. The molecular formula is C30H33F4N3O4. The number of ether oxygens (including phenoxy) is 1. The molecule has 1 saturated carbocycles. The third-order valence-electron chi connectivity index (χ3n) is 7.33. The number of aryl methyl sites for hydroxylation is 1. The molecule has 1 aliphatic carbocycles. The van der Waals surface area contributed by atoms with Crippen molar-refractivity contribution in [3.05, 3.63) is 65.0 Å². The molecule has 2 aromatic carbocycles. The molecule has 2 amide bonds. The van der Waals surface area contributed by atoms with Crippen molar-refractivity contribution in [1.29, 1.82) is 0 Å². The fourth-order valence-electron chi connectivity index (χ4n) is 5.19. The predicted octanol–water partition coefficient (Wildman–Crippen LogP) is 3.54. The van der Waals surface area contributed by atoms with Crippen LogP contribution in [0, 0.1) is 35.9 Å². The molecule has 1 fully saturated rings. The minimum absolute atomic E-state index is 0.000867. The number of carbonyl (C=O) groups is 2. The van der Waals surface area contributed by atoms with Gasteiger partial charge in [-0.05, 0) is 54.5 Å². The molecule has 4 rings (SSSR count). The molecule has 2 aliphatic rings. The molecule has 0 saturated heterocycles. The number of carbonyl (C=O) groups excluding carboxylic acids is 2. The lowest BCUT2D eigenvalue weighted by Gasteiger charge is -2.26.